The van der Waals surface area contributed by atoms with Gasteiger partial charge in [0.2, 0.25) is 0 Å². The summed E-state index contributed by atoms with van der Waals surface area (Å²) in [6.45, 7) is 4.71. The van der Waals surface area contributed by atoms with Gasteiger partial charge in [-0.15, -0.1) is 0 Å². The molecule has 2 heteroatoms. The number of nitrogens with zero attached hydrogens (tertiary/aromatic N) is 2. The van der Waals surface area contributed by atoms with E-state index in [2.05, 4.69) is 220 Å². The van der Waals surface area contributed by atoms with Gasteiger partial charge in [0.1, 0.15) is 0 Å². The van der Waals surface area contributed by atoms with Crippen molar-refractivity contribution in [3.05, 3.63) is 217 Å². The first-order valence-corrected chi connectivity index (χ1v) is 20.4. The second-order valence-electron chi connectivity index (χ2n) is 16.1. The lowest BCUT2D eigenvalue weighted by Gasteiger charge is -2.22. The summed E-state index contributed by atoms with van der Waals surface area (Å²) >= 11 is 0. The van der Waals surface area contributed by atoms with Crippen molar-refractivity contribution in [1.82, 2.24) is 9.97 Å². The van der Waals surface area contributed by atoms with Gasteiger partial charge in [0.15, 0.2) is 5.82 Å². The molecule has 0 saturated heterocycles. The van der Waals surface area contributed by atoms with Crippen molar-refractivity contribution in [3.63, 3.8) is 0 Å². The van der Waals surface area contributed by atoms with Crippen LogP contribution in [0.1, 0.15) is 25.0 Å². The van der Waals surface area contributed by atoms with Crippen molar-refractivity contribution in [3.8, 4) is 78.4 Å². The molecular formula is C57H40N2. The lowest BCUT2D eigenvalue weighted by Crippen LogP contribution is -2.14. The molecule has 10 aromatic rings. The van der Waals surface area contributed by atoms with Gasteiger partial charge < -0.3 is 0 Å². The Hall–Kier alpha value is -7.42. The summed E-state index contributed by atoms with van der Waals surface area (Å²) in [6, 6.07) is 74.3. The van der Waals surface area contributed by atoms with E-state index in [-0.39, 0.29) is 5.41 Å². The Kier molecular flexibility index (Phi) is 8.20. The maximum atomic E-state index is 5.33. The molecule has 278 valence electrons. The molecule has 0 amide bonds. The van der Waals surface area contributed by atoms with Crippen LogP contribution in [-0.4, -0.2) is 9.97 Å². The van der Waals surface area contributed by atoms with E-state index in [0.29, 0.717) is 5.82 Å². The monoisotopic (exact) mass is 752 g/mol. The summed E-state index contributed by atoms with van der Waals surface area (Å²) in [6.07, 6.45) is 0. The number of hydrogen-bond acceptors (Lipinski definition) is 2. The van der Waals surface area contributed by atoms with E-state index < -0.39 is 0 Å². The Morgan fingerprint density at radius 3 is 1.49 bits per heavy atom. The molecule has 1 heterocycles. The van der Waals surface area contributed by atoms with Crippen LogP contribution in [0.2, 0.25) is 0 Å². The van der Waals surface area contributed by atoms with Crippen LogP contribution in [0, 0.1) is 0 Å². The van der Waals surface area contributed by atoms with Crippen LogP contribution in [0.5, 0.6) is 0 Å². The van der Waals surface area contributed by atoms with Crippen molar-refractivity contribution in [2.45, 2.75) is 19.3 Å². The molecule has 59 heavy (non-hydrogen) atoms. The highest BCUT2D eigenvalue weighted by atomic mass is 14.9. The topological polar surface area (TPSA) is 25.8 Å². The first-order chi connectivity index (χ1) is 29.0. The van der Waals surface area contributed by atoms with E-state index >= 15 is 0 Å². The van der Waals surface area contributed by atoms with Gasteiger partial charge >= 0.3 is 0 Å². The second kappa shape index (κ2) is 13.9. The molecule has 1 aliphatic rings. The average molecular weight is 753 g/mol. The van der Waals surface area contributed by atoms with E-state index in [1.807, 2.05) is 0 Å². The number of rotatable bonds is 6. The van der Waals surface area contributed by atoms with Crippen molar-refractivity contribution < 1.29 is 0 Å². The molecule has 0 spiro atoms. The van der Waals surface area contributed by atoms with Gasteiger partial charge in [0.05, 0.1) is 11.4 Å². The summed E-state index contributed by atoms with van der Waals surface area (Å²) in [4.78, 5) is 10.5. The fraction of sp³-hybridized carbons (Fsp3) is 0.0526. The van der Waals surface area contributed by atoms with Crippen molar-refractivity contribution in [2.24, 2.45) is 0 Å². The van der Waals surface area contributed by atoms with Crippen molar-refractivity contribution in [2.75, 3.05) is 0 Å². The minimum Gasteiger partial charge on any atom is -0.228 e. The maximum absolute atomic E-state index is 5.33. The zero-order chi connectivity index (χ0) is 39.5. The number of aromatic nitrogens is 2. The van der Waals surface area contributed by atoms with E-state index in [0.717, 1.165) is 39.0 Å². The Labute approximate surface area is 345 Å². The molecule has 0 unspecified atom stereocenters. The Bertz CT molecular complexity index is 3100. The fourth-order valence-electron chi connectivity index (χ4n) is 9.23. The van der Waals surface area contributed by atoms with Crippen LogP contribution < -0.4 is 0 Å². The normalized spacial score (nSPS) is 12.7. The Balaban J connectivity index is 1.05. The van der Waals surface area contributed by atoms with E-state index in [9.17, 15) is 0 Å². The summed E-state index contributed by atoms with van der Waals surface area (Å²) in [5.41, 5.74) is 17.4. The SMILES string of the molecule is CC1(C)c2ccc(-c3ccc(-c4cc(-c5ccc(-c6ccccc6)cc5)nc(-c5ccc(-c6ccccc6)cc5)n4)c4ccccc34)cc2-c2c1ccc1ccccc21. The van der Waals surface area contributed by atoms with Crippen LogP contribution in [0.4, 0.5) is 0 Å². The number of hydrogen-bond donors (Lipinski definition) is 0. The first-order valence-electron chi connectivity index (χ1n) is 20.4. The van der Waals surface area contributed by atoms with Crippen LogP contribution in [-0.2, 0) is 5.41 Å². The standard InChI is InChI=1S/C57H40N2/c1-57(2)51-33-30-44(35-50(51)55-46-18-10-9-17-41(46)29-34-52(55)57)45-31-32-49(48-20-12-11-19-47(45)48)54-36-53(42-25-21-39(22-26-42)37-13-5-3-6-14-37)58-56(59-54)43-27-23-40(24-28-43)38-15-7-4-8-16-38/h3-36H,1-2H3. The summed E-state index contributed by atoms with van der Waals surface area (Å²) < 4.78 is 0. The molecule has 0 aliphatic heterocycles. The number of benzene rings is 9. The molecule has 2 nitrogen and oxygen atoms in total. The predicted octanol–water partition coefficient (Wildman–Crippen LogP) is 15.1. The van der Waals surface area contributed by atoms with Crippen molar-refractivity contribution in [1.29, 1.82) is 0 Å². The van der Waals surface area contributed by atoms with Gasteiger partial charge in [0, 0.05) is 22.1 Å². The van der Waals surface area contributed by atoms with E-state index in [1.54, 1.807) is 0 Å². The van der Waals surface area contributed by atoms with Gasteiger partial charge in [-0.05, 0) is 89.3 Å². The molecule has 1 aliphatic carbocycles. The molecule has 0 saturated carbocycles. The smallest absolute Gasteiger partial charge is 0.160 e. The zero-order valence-electron chi connectivity index (χ0n) is 33.0. The zero-order valence-corrected chi connectivity index (χ0v) is 33.0. The molecule has 0 N–H and O–H groups in total. The van der Waals surface area contributed by atoms with Crippen LogP contribution >= 0.6 is 0 Å². The predicted molar refractivity (Wildman–Crippen MR) is 247 cm³/mol. The second-order valence-corrected chi connectivity index (χ2v) is 16.1. The molecule has 0 bridgehead atoms. The van der Waals surface area contributed by atoms with Crippen LogP contribution in [0.15, 0.2) is 206 Å². The molecule has 0 atom stereocenters. The average Bonchev–Trinajstić information content (AvgIpc) is 3.54. The highest BCUT2D eigenvalue weighted by molar-refractivity contribution is 6.07. The number of fused-ring (bicyclic) bond motifs is 6. The van der Waals surface area contributed by atoms with Crippen molar-refractivity contribution >= 4 is 21.5 Å². The quantitative estimate of drug-likeness (QED) is 0.169. The van der Waals surface area contributed by atoms with Gasteiger partial charge in [-0.25, -0.2) is 9.97 Å². The van der Waals surface area contributed by atoms with E-state index in [1.165, 1.54) is 66.2 Å². The maximum Gasteiger partial charge on any atom is 0.160 e. The molecule has 0 radical (unpaired) electrons. The molecular weight excluding hydrogens is 713 g/mol. The summed E-state index contributed by atoms with van der Waals surface area (Å²) in [5.74, 6) is 0.699. The third kappa shape index (κ3) is 5.96. The third-order valence-electron chi connectivity index (χ3n) is 12.3. The molecule has 9 aromatic carbocycles. The van der Waals surface area contributed by atoms with Gasteiger partial charge in [-0.1, -0.05) is 208 Å². The fourth-order valence-corrected chi connectivity index (χ4v) is 9.23. The molecule has 11 rings (SSSR count). The Morgan fingerprint density at radius 2 is 0.814 bits per heavy atom. The Morgan fingerprint density at radius 1 is 0.322 bits per heavy atom. The lowest BCUT2D eigenvalue weighted by molar-refractivity contribution is 0.661. The lowest BCUT2D eigenvalue weighted by atomic mass is 9.81. The minimum absolute atomic E-state index is 0.0781. The van der Waals surface area contributed by atoms with Crippen LogP contribution in [0.25, 0.3) is 100.0 Å². The summed E-state index contributed by atoms with van der Waals surface area (Å²) in [5, 5.41) is 4.94. The molecule has 0 fully saturated rings. The summed E-state index contributed by atoms with van der Waals surface area (Å²) in [7, 11) is 0. The van der Waals surface area contributed by atoms with Gasteiger partial charge in [-0.3, -0.25) is 0 Å². The molecule has 1 aromatic heterocycles. The highest BCUT2D eigenvalue weighted by Gasteiger charge is 2.36. The van der Waals surface area contributed by atoms with Crippen LogP contribution in [0.3, 0.4) is 0 Å². The van der Waals surface area contributed by atoms with Gasteiger partial charge in [0.25, 0.3) is 0 Å². The van der Waals surface area contributed by atoms with E-state index in [4.69, 9.17) is 9.97 Å². The highest BCUT2D eigenvalue weighted by Crippen LogP contribution is 2.52. The third-order valence-corrected chi connectivity index (χ3v) is 12.3. The largest absolute Gasteiger partial charge is 0.228 e. The van der Waals surface area contributed by atoms with Gasteiger partial charge in [-0.2, -0.15) is 0 Å². The minimum atomic E-state index is -0.0781. The first kappa shape index (κ1) is 34.8.